The average Bonchev–Trinajstić information content (AvgIpc) is 3.50. The van der Waals surface area contributed by atoms with E-state index in [1.807, 2.05) is 18.2 Å². The molecule has 32 heavy (non-hydrogen) atoms. The van der Waals surface area contributed by atoms with Crippen LogP contribution in [0.25, 0.3) is 11.0 Å². The van der Waals surface area contributed by atoms with Gasteiger partial charge in [0.1, 0.15) is 11.4 Å². The van der Waals surface area contributed by atoms with Gasteiger partial charge in [0.25, 0.3) is 5.56 Å². The summed E-state index contributed by atoms with van der Waals surface area (Å²) in [5.41, 5.74) is 2.64. The number of aryl methyl sites for hydroxylation is 1. The fourth-order valence-electron chi connectivity index (χ4n) is 3.61. The summed E-state index contributed by atoms with van der Waals surface area (Å²) in [6.45, 7) is 11.0. The van der Waals surface area contributed by atoms with Gasteiger partial charge in [-0.25, -0.2) is 4.98 Å². The first-order valence-electron chi connectivity index (χ1n) is 12.8. The Kier molecular flexibility index (Phi) is 10.7. The van der Waals surface area contributed by atoms with E-state index < -0.39 is 0 Å². The number of benzene rings is 1. The van der Waals surface area contributed by atoms with Gasteiger partial charge in [0.05, 0.1) is 18.1 Å². The van der Waals surface area contributed by atoms with E-state index in [9.17, 15) is 4.79 Å². The minimum atomic E-state index is -0.0713. The van der Waals surface area contributed by atoms with Gasteiger partial charge in [-0.05, 0) is 42.2 Å². The van der Waals surface area contributed by atoms with Crippen LogP contribution < -0.4 is 10.3 Å². The number of rotatable bonds is 8. The molecule has 0 aliphatic heterocycles. The van der Waals surface area contributed by atoms with Gasteiger partial charge in [0, 0.05) is 6.07 Å². The Morgan fingerprint density at radius 1 is 1.03 bits per heavy atom. The highest BCUT2D eigenvalue weighted by Gasteiger charge is 2.19. The maximum absolute atomic E-state index is 12.1. The highest BCUT2D eigenvalue weighted by atomic mass is 16.5. The summed E-state index contributed by atoms with van der Waals surface area (Å²) in [4.78, 5) is 19.5. The Morgan fingerprint density at radius 3 is 2.22 bits per heavy atom. The minimum Gasteiger partial charge on any atom is -0.497 e. The summed E-state index contributed by atoms with van der Waals surface area (Å²) in [6, 6.07) is 5.57. The number of methoxy groups -OCH3 is 1. The third kappa shape index (κ3) is 10.7. The van der Waals surface area contributed by atoms with Crippen molar-refractivity contribution < 1.29 is 4.74 Å². The van der Waals surface area contributed by atoms with Gasteiger partial charge in [-0.1, -0.05) is 92.4 Å². The van der Waals surface area contributed by atoms with Gasteiger partial charge in [-0.2, -0.15) is 0 Å². The second-order valence-electron chi connectivity index (χ2n) is 11.1. The highest BCUT2D eigenvalue weighted by Crippen LogP contribution is 2.34. The minimum absolute atomic E-state index is 0.0713. The average molecular weight is 443 g/mol. The Hall–Kier alpha value is -1.84. The lowest BCUT2D eigenvalue weighted by Crippen LogP contribution is -2.15. The molecular weight excluding hydrogens is 396 g/mol. The number of nitrogens with zero attached hydrogens (tertiary/aromatic N) is 1. The van der Waals surface area contributed by atoms with E-state index in [4.69, 9.17) is 4.74 Å². The van der Waals surface area contributed by atoms with Gasteiger partial charge >= 0.3 is 0 Å². The Labute approximate surface area is 195 Å². The SMILES string of the molecule is CC(C)(C)C.CCC1CCC1.COc1ccc2nc(CCCCCC3CC3)c(=O)[nH]c2c1. The molecule has 0 radical (unpaired) electrons. The predicted molar refractivity (Wildman–Crippen MR) is 137 cm³/mol. The topological polar surface area (TPSA) is 55.0 Å². The molecule has 4 nitrogen and oxygen atoms in total. The number of nitrogens with one attached hydrogen (secondary N) is 1. The van der Waals surface area contributed by atoms with Gasteiger partial charge in [-0.3, -0.25) is 4.79 Å². The first-order chi connectivity index (χ1) is 15.2. The number of hydrogen-bond acceptors (Lipinski definition) is 3. The van der Waals surface area contributed by atoms with E-state index in [0.29, 0.717) is 11.1 Å². The second-order valence-corrected chi connectivity index (χ2v) is 11.1. The van der Waals surface area contributed by atoms with E-state index in [1.54, 1.807) is 7.11 Å². The third-order valence-electron chi connectivity index (χ3n) is 5.99. The van der Waals surface area contributed by atoms with Crippen molar-refractivity contribution in [3.05, 3.63) is 34.2 Å². The molecule has 1 aromatic heterocycles. The summed E-state index contributed by atoms with van der Waals surface area (Å²) in [5, 5.41) is 0. The van der Waals surface area contributed by atoms with Crippen LogP contribution in [0.4, 0.5) is 0 Å². The van der Waals surface area contributed by atoms with Crippen molar-refractivity contribution in [2.24, 2.45) is 17.3 Å². The first-order valence-corrected chi connectivity index (χ1v) is 12.8. The standard InChI is InChI=1S/C17H22N2O2.C6H12.C5H12/c1-21-13-9-10-14-16(11-13)19-17(20)15(18-14)6-4-2-3-5-12-7-8-12;1-2-6-4-3-5-6;1-5(2,3)4/h9-12H,2-8H2,1H3,(H,19,20);6H,2-5H2,1H3;1-4H3. The monoisotopic (exact) mass is 442 g/mol. The van der Waals surface area contributed by atoms with Crippen molar-refractivity contribution in [1.29, 1.82) is 0 Å². The molecule has 2 aromatic rings. The molecule has 0 spiro atoms. The zero-order chi connectivity index (χ0) is 23.6. The quantitative estimate of drug-likeness (QED) is 0.426. The van der Waals surface area contributed by atoms with E-state index in [2.05, 4.69) is 44.6 Å². The molecule has 2 aliphatic carbocycles. The Bertz CT molecular complexity index is 849. The molecule has 2 aliphatic rings. The van der Waals surface area contributed by atoms with Crippen molar-refractivity contribution >= 4 is 11.0 Å². The molecule has 1 aromatic carbocycles. The Balaban J connectivity index is 0.000000272. The fourth-order valence-corrected chi connectivity index (χ4v) is 3.61. The number of aromatic amines is 1. The van der Waals surface area contributed by atoms with Crippen LogP contribution in [-0.4, -0.2) is 17.1 Å². The molecule has 1 N–H and O–H groups in total. The summed E-state index contributed by atoms with van der Waals surface area (Å²) < 4.78 is 5.16. The largest absolute Gasteiger partial charge is 0.497 e. The zero-order valence-electron chi connectivity index (χ0n) is 21.4. The molecule has 180 valence electrons. The van der Waals surface area contributed by atoms with Crippen molar-refractivity contribution in [2.75, 3.05) is 7.11 Å². The van der Waals surface area contributed by atoms with Gasteiger partial charge in [-0.15, -0.1) is 0 Å². The van der Waals surface area contributed by atoms with Crippen LogP contribution in [0.2, 0.25) is 0 Å². The summed E-state index contributed by atoms with van der Waals surface area (Å²) in [5.74, 6) is 2.85. The van der Waals surface area contributed by atoms with Crippen LogP contribution in [0.15, 0.2) is 23.0 Å². The molecule has 4 rings (SSSR count). The lowest BCUT2D eigenvalue weighted by molar-refractivity contribution is 0.307. The molecule has 0 atom stereocenters. The highest BCUT2D eigenvalue weighted by molar-refractivity contribution is 5.75. The van der Waals surface area contributed by atoms with Gasteiger partial charge in [0.2, 0.25) is 0 Å². The lowest BCUT2D eigenvalue weighted by Gasteiger charge is -2.22. The molecule has 0 amide bonds. The van der Waals surface area contributed by atoms with Crippen molar-refractivity contribution in [1.82, 2.24) is 9.97 Å². The zero-order valence-corrected chi connectivity index (χ0v) is 21.4. The van der Waals surface area contributed by atoms with Crippen molar-refractivity contribution in [3.8, 4) is 5.75 Å². The molecule has 0 unspecified atom stereocenters. The van der Waals surface area contributed by atoms with E-state index >= 15 is 0 Å². The van der Waals surface area contributed by atoms with Crippen molar-refractivity contribution in [3.63, 3.8) is 0 Å². The van der Waals surface area contributed by atoms with E-state index in [1.165, 1.54) is 57.8 Å². The number of H-pyrrole nitrogens is 1. The second kappa shape index (κ2) is 13.0. The maximum atomic E-state index is 12.1. The van der Waals surface area contributed by atoms with Crippen LogP contribution in [-0.2, 0) is 6.42 Å². The van der Waals surface area contributed by atoms with Crippen LogP contribution in [0.3, 0.4) is 0 Å². The molecule has 2 saturated carbocycles. The van der Waals surface area contributed by atoms with E-state index in [0.717, 1.165) is 41.5 Å². The molecule has 1 heterocycles. The van der Waals surface area contributed by atoms with Crippen LogP contribution in [0.5, 0.6) is 5.75 Å². The van der Waals surface area contributed by atoms with Crippen LogP contribution >= 0.6 is 0 Å². The number of ether oxygens (including phenoxy) is 1. The van der Waals surface area contributed by atoms with Crippen LogP contribution in [0.1, 0.15) is 105 Å². The summed E-state index contributed by atoms with van der Waals surface area (Å²) in [6.07, 6.45) is 14.4. The maximum Gasteiger partial charge on any atom is 0.270 e. The molecule has 4 heteroatoms. The van der Waals surface area contributed by atoms with Crippen LogP contribution in [0, 0.1) is 17.3 Å². The molecule has 0 saturated heterocycles. The predicted octanol–water partition coefficient (Wildman–Crippen LogP) is 7.69. The van der Waals surface area contributed by atoms with E-state index in [-0.39, 0.29) is 5.56 Å². The third-order valence-corrected chi connectivity index (χ3v) is 5.99. The normalized spacial score (nSPS) is 15.8. The first kappa shape index (κ1) is 26.4. The van der Waals surface area contributed by atoms with Gasteiger partial charge in [0.15, 0.2) is 0 Å². The van der Waals surface area contributed by atoms with Crippen molar-refractivity contribution in [2.45, 2.75) is 105 Å². The Morgan fingerprint density at radius 2 is 1.72 bits per heavy atom. The fraction of sp³-hybridized carbons (Fsp3) is 0.714. The van der Waals surface area contributed by atoms with Gasteiger partial charge < -0.3 is 9.72 Å². The molecule has 0 bridgehead atoms. The number of aromatic nitrogens is 2. The number of fused-ring (bicyclic) bond motifs is 1. The lowest BCUT2D eigenvalue weighted by atomic mass is 9.84. The molecular formula is C28H46N2O2. The summed E-state index contributed by atoms with van der Waals surface area (Å²) >= 11 is 0. The summed E-state index contributed by atoms with van der Waals surface area (Å²) in [7, 11) is 1.61. The smallest absolute Gasteiger partial charge is 0.270 e. The molecule has 2 fully saturated rings. The number of unbranched alkanes of at least 4 members (excludes halogenated alkanes) is 2. The number of hydrogen-bond donors (Lipinski definition) is 1.